The number of rotatable bonds is 5. The van der Waals surface area contributed by atoms with Gasteiger partial charge in [0.05, 0.1) is 12.6 Å². The summed E-state index contributed by atoms with van der Waals surface area (Å²) < 4.78 is 0. The van der Waals surface area contributed by atoms with Crippen molar-refractivity contribution in [2.75, 3.05) is 6.61 Å². The number of benzene rings is 1. The molecule has 3 heteroatoms. The zero-order chi connectivity index (χ0) is 12.7. The molecular weight excluding hydrogens is 214 g/mol. The maximum Gasteiger partial charge on any atom is 0.244 e. The number of hydrogen-bond donors (Lipinski definition) is 2. The Labute approximate surface area is 102 Å². The van der Waals surface area contributed by atoms with Crippen LogP contribution in [0.2, 0.25) is 0 Å². The molecule has 0 radical (unpaired) electrons. The average Bonchev–Trinajstić information content (AvgIpc) is 2.35. The van der Waals surface area contributed by atoms with E-state index >= 15 is 0 Å². The zero-order valence-corrected chi connectivity index (χ0v) is 10.3. The van der Waals surface area contributed by atoms with Crippen LogP contribution in [0.5, 0.6) is 0 Å². The molecule has 0 unspecified atom stereocenters. The van der Waals surface area contributed by atoms with E-state index in [9.17, 15) is 4.79 Å². The van der Waals surface area contributed by atoms with Gasteiger partial charge in [-0.2, -0.15) is 0 Å². The second kappa shape index (κ2) is 6.86. The van der Waals surface area contributed by atoms with Gasteiger partial charge in [-0.1, -0.05) is 36.8 Å². The van der Waals surface area contributed by atoms with Gasteiger partial charge in [0.1, 0.15) is 0 Å². The molecule has 1 amide bonds. The fourth-order valence-electron chi connectivity index (χ4n) is 1.38. The third-order valence-electron chi connectivity index (χ3n) is 2.56. The third kappa shape index (κ3) is 4.83. The van der Waals surface area contributed by atoms with Crippen LogP contribution in [0.3, 0.4) is 0 Å². The Bertz CT molecular complexity index is 378. The molecule has 0 fully saturated rings. The van der Waals surface area contributed by atoms with E-state index in [0.29, 0.717) is 0 Å². The van der Waals surface area contributed by atoms with Crippen molar-refractivity contribution in [1.82, 2.24) is 5.32 Å². The number of carbonyl (C=O) groups excluding carboxylic acids is 1. The lowest BCUT2D eigenvalue weighted by atomic mass is 10.1. The van der Waals surface area contributed by atoms with Crippen LogP contribution < -0.4 is 5.32 Å². The van der Waals surface area contributed by atoms with Crippen molar-refractivity contribution in [2.24, 2.45) is 0 Å². The largest absolute Gasteiger partial charge is 0.394 e. The standard InChI is InChI=1S/C14H19NO2/c1-3-13(10-16)15-14(17)9-8-12-6-4-11(2)5-7-12/h4-9,13,16H,3,10H2,1-2H3,(H,15,17)/b9-8+/t13-/m0/s1. The fourth-order valence-corrected chi connectivity index (χ4v) is 1.38. The summed E-state index contributed by atoms with van der Waals surface area (Å²) in [6.07, 6.45) is 3.97. The van der Waals surface area contributed by atoms with Gasteiger partial charge in [-0.15, -0.1) is 0 Å². The summed E-state index contributed by atoms with van der Waals surface area (Å²) in [4.78, 5) is 11.5. The van der Waals surface area contributed by atoms with E-state index in [1.165, 1.54) is 11.6 Å². The maximum atomic E-state index is 11.5. The Morgan fingerprint density at radius 3 is 2.59 bits per heavy atom. The van der Waals surface area contributed by atoms with E-state index < -0.39 is 0 Å². The molecule has 1 aromatic rings. The molecule has 0 spiro atoms. The lowest BCUT2D eigenvalue weighted by molar-refractivity contribution is -0.117. The molecule has 0 heterocycles. The summed E-state index contributed by atoms with van der Waals surface area (Å²) in [6.45, 7) is 3.92. The minimum Gasteiger partial charge on any atom is -0.394 e. The van der Waals surface area contributed by atoms with Crippen LogP contribution in [0.25, 0.3) is 6.08 Å². The second-order valence-corrected chi connectivity index (χ2v) is 4.04. The van der Waals surface area contributed by atoms with Crippen LogP contribution in [0.15, 0.2) is 30.3 Å². The molecule has 1 aromatic carbocycles. The predicted molar refractivity (Wildman–Crippen MR) is 69.5 cm³/mol. The Balaban J connectivity index is 2.53. The lowest BCUT2D eigenvalue weighted by Crippen LogP contribution is -2.35. The van der Waals surface area contributed by atoms with Gasteiger partial charge < -0.3 is 10.4 Å². The summed E-state index contributed by atoms with van der Waals surface area (Å²) in [6, 6.07) is 7.76. The van der Waals surface area contributed by atoms with Crippen LogP contribution in [0, 0.1) is 6.92 Å². The van der Waals surface area contributed by atoms with Gasteiger partial charge >= 0.3 is 0 Å². The number of nitrogens with one attached hydrogen (secondary N) is 1. The van der Waals surface area contributed by atoms with Crippen molar-refractivity contribution in [3.63, 3.8) is 0 Å². The van der Waals surface area contributed by atoms with Gasteiger partial charge in [0.15, 0.2) is 0 Å². The highest BCUT2D eigenvalue weighted by Crippen LogP contribution is 2.04. The van der Waals surface area contributed by atoms with Gasteiger partial charge in [0.2, 0.25) is 5.91 Å². The first-order valence-electron chi connectivity index (χ1n) is 5.81. The first-order chi connectivity index (χ1) is 8.15. The molecule has 0 aliphatic carbocycles. The molecule has 2 N–H and O–H groups in total. The van der Waals surface area contributed by atoms with Crippen LogP contribution in [0.4, 0.5) is 0 Å². The minimum absolute atomic E-state index is 0.0272. The van der Waals surface area contributed by atoms with Gasteiger partial charge in [0, 0.05) is 6.08 Å². The fraction of sp³-hybridized carbons (Fsp3) is 0.357. The summed E-state index contributed by atoms with van der Waals surface area (Å²) in [5, 5.41) is 11.7. The number of aliphatic hydroxyl groups excluding tert-OH is 1. The number of amides is 1. The lowest BCUT2D eigenvalue weighted by Gasteiger charge is -2.11. The first-order valence-corrected chi connectivity index (χ1v) is 5.81. The topological polar surface area (TPSA) is 49.3 Å². The monoisotopic (exact) mass is 233 g/mol. The maximum absolute atomic E-state index is 11.5. The van der Waals surface area contributed by atoms with Crippen LogP contribution in [-0.2, 0) is 4.79 Å². The quantitative estimate of drug-likeness (QED) is 0.763. The van der Waals surface area contributed by atoms with Crippen molar-refractivity contribution < 1.29 is 9.90 Å². The Kier molecular flexibility index (Phi) is 5.43. The van der Waals surface area contributed by atoms with E-state index in [1.807, 2.05) is 38.1 Å². The van der Waals surface area contributed by atoms with Gasteiger partial charge in [0.25, 0.3) is 0 Å². The van der Waals surface area contributed by atoms with Crippen molar-refractivity contribution >= 4 is 12.0 Å². The minimum atomic E-state index is -0.175. The number of carbonyl (C=O) groups is 1. The number of aliphatic hydroxyl groups is 1. The molecule has 17 heavy (non-hydrogen) atoms. The third-order valence-corrected chi connectivity index (χ3v) is 2.56. The molecule has 1 rings (SSSR count). The van der Waals surface area contributed by atoms with Crippen LogP contribution >= 0.6 is 0 Å². The SMILES string of the molecule is CC[C@@H](CO)NC(=O)/C=C/c1ccc(C)cc1. The van der Waals surface area contributed by atoms with Gasteiger partial charge in [-0.05, 0) is 25.0 Å². The van der Waals surface area contributed by atoms with Crippen molar-refractivity contribution in [2.45, 2.75) is 26.3 Å². The van der Waals surface area contributed by atoms with E-state index in [0.717, 1.165) is 12.0 Å². The molecule has 0 aliphatic rings. The smallest absolute Gasteiger partial charge is 0.244 e. The predicted octanol–water partition coefficient (Wildman–Crippen LogP) is 1.90. The van der Waals surface area contributed by atoms with E-state index in [2.05, 4.69) is 5.32 Å². The summed E-state index contributed by atoms with van der Waals surface area (Å²) in [5.74, 6) is -0.175. The normalized spacial score (nSPS) is 12.6. The molecule has 0 saturated carbocycles. The highest BCUT2D eigenvalue weighted by atomic mass is 16.3. The van der Waals surface area contributed by atoms with E-state index in [-0.39, 0.29) is 18.6 Å². The molecule has 0 saturated heterocycles. The highest BCUT2D eigenvalue weighted by molar-refractivity contribution is 5.91. The molecular formula is C14H19NO2. The van der Waals surface area contributed by atoms with E-state index in [1.54, 1.807) is 6.08 Å². The summed E-state index contributed by atoms with van der Waals surface area (Å²) in [7, 11) is 0. The van der Waals surface area contributed by atoms with E-state index in [4.69, 9.17) is 5.11 Å². The first kappa shape index (κ1) is 13.5. The summed E-state index contributed by atoms with van der Waals surface area (Å²) >= 11 is 0. The van der Waals surface area contributed by atoms with Crippen LogP contribution in [0.1, 0.15) is 24.5 Å². The van der Waals surface area contributed by atoms with Crippen LogP contribution in [-0.4, -0.2) is 23.7 Å². The molecule has 1 atom stereocenters. The van der Waals surface area contributed by atoms with Crippen molar-refractivity contribution in [3.8, 4) is 0 Å². The second-order valence-electron chi connectivity index (χ2n) is 4.04. The average molecular weight is 233 g/mol. The Morgan fingerprint density at radius 1 is 1.41 bits per heavy atom. The molecule has 0 aromatic heterocycles. The Morgan fingerprint density at radius 2 is 2.06 bits per heavy atom. The molecule has 0 bridgehead atoms. The van der Waals surface area contributed by atoms with Gasteiger partial charge in [-0.3, -0.25) is 4.79 Å². The highest BCUT2D eigenvalue weighted by Gasteiger charge is 2.05. The molecule has 3 nitrogen and oxygen atoms in total. The number of aryl methyl sites for hydroxylation is 1. The summed E-state index contributed by atoms with van der Waals surface area (Å²) in [5.41, 5.74) is 2.18. The van der Waals surface area contributed by atoms with Gasteiger partial charge in [-0.25, -0.2) is 0 Å². The van der Waals surface area contributed by atoms with Crippen molar-refractivity contribution in [1.29, 1.82) is 0 Å². The number of hydrogen-bond acceptors (Lipinski definition) is 2. The molecule has 0 aliphatic heterocycles. The molecule has 92 valence electrons. The Hall–Kier alpha value is -1.61. The zero-order valence-electron chi connectivity index (χ0n) is 10.3. The van der Waals surface area contributed by atoms with Crippen molar-refractivity contribution in [3.05, 3.63) is 41.5 Å².